The molecule has 0 aromatic heterocycles. The van der Waals surface area contributed by atoms with E-state index in [9.17, 15) is 4.79 Å². The third kappa shape index (κ3) is 1.25. The Morgan fingerprint density at radius 1 is 1.89 bits per heavy atom. The van der Waals surface area contributed by atoms with E-state index in [0.717, 1.165) is 6.42 Å². The Balaban J connectivity index is 2.62. The number of aliphatic imine (C=N–C) groups is 1. The van der Waals surface area contributed by atoms with Crippen molar-refractivity contribution >= 4 is 12.0 Å². The van der Waals surface area contributed by atoms with Crippen LogP contribution in [-0.4, -0.2) is 12.0 Å². The van der Waals surface area contributed by atoms with E-state index in [4.69, 9.17) is 0 Å². The van der Waals surface area contributed by atoms with Crippen LogP contribution in [0.25, 0.3) is 0 Å². The largest absolute Gasteiger partial charge is 0.292 e. The van der Waals surface area contributed by atoms with E-state index in [1.165, 1.54) is 0 Å². The third-order valence-electron chi connectivity index (χ3n) is 1.25. The Labute approximate surface area is 54.3 Å². The molecule has 0 aliphatic carbocycles. The van der Waals surface area contributed by atoms with E-state index in [1.54, 1.807) is 6.21 Å². The Hall–Kier alpha value is -0.920. The molecule has 0 fully saturated rings. The molecule has 0 unspecified atom stereocenters. The molecule has 0 aromatic carbocycles. The lowest BCUT2D eigenvalue weighted by atomic mass is 10.2. The SMILES string of the molecule is CCC(=O)C1=CCC=N1. The third-order valence-corrected chi connectivity index (χ3v) is 1.25. The van der Waals surface area contributed by atoms with E-state index in [0.29, 0.717) is 12.1 Å². The fourth-order valence-corrected chi connectivity index (χ4v) is 0.735. The van der Waals surface area contributed by atoms with Gasteiger partial charge in [0.25, 0.3) is 0 Å². The maximum atomic E-state index is 10.8. The van der Waals surface area contributed by atoms with Crippen molar-refractivity contribution in [3.8, 4) is 0 Å². The Morgan fingerprint density at radius 3 is 3.11 bits per heavy atom. The minimum atomic E-state index is 0.142. The number of nitrogens with zero attached hydrogens (tertiary/aromatic N) is 1. The van der Waals surface area contributed by atoms with Crippen molar-refractivity contribution in [2.75, 3.05) is 0 Å². The second kappa shape index (κ2) is 2.58. The fourth-order valence-electron chi connectivity index (χ4n) is 0.735. The quantitative estimate of drug-likeness (QED) is 0.544. The van der Waals surface area contributed by atoms with Crippen molar-refractivity contribution in [3.63, 3.8) is 0 Å². The van der Waals surface area contributed by atoms with E-state index in [2.05, 4.69) is 4.99 Å². The van der Waals surface area contributed by atoms with Gasteiger partial charge in [0.1, 0.15) is 5.70 Å². The van der Waals surface area contributed by atoms with Crippen molar-refractivity contribution < 1.29 is 4.79 Å². The number of hydrogen-bond donors (Lipinski definition) is 0. The van der Waals surface area contributed by atoms with Crippen LogP contribution in [0.1, 0.15) is 19.8 Å². The molecule has 0 saturated carbocycles. The number of Topliss-reactive ketones (excluding diaryl/α,β-unsaturated/α-hetero) is 1. The molecule has 0 aromatic rings. The topological polar surface area (TPSA) is 29.4 Å². The summed E-state index contributed by atoms with van der Waals surface area (Å²) in [6.45, 7) is 1.84. The molecular formula is C7H9NO. The first-order valence-corrected chi connectivity index (χ1v) is 3.10. The predicted molar refractivity (Wildman–Crippen MR) is 36.5 cm³/mol. The molecule has 0 bridgehead atoms. The van der Waals surface area contributed by atoms with Crippen molar-refractivity contribution in [1.29, 1.82) is 0 Å². The number of ketones is 1. The number of carbonyl (C=O) groups excluding carboxylic acids is 1. The van der Waals surface area contributed by atoms with Crippen LogP contribution in [0.3, 0.4) is 0 Å². The molecule has 0 amide bonds. The second-order valence-corrected chi connectivity index (χ2v) is 1.91. The fraction of sp³-hybridized carbons (Fsp3) is 0.429. The molecule has 2 nitrogen and oxygen atoms in total. The molecular weight excluding hydrogens is 114 g/mol. The van der Waals surface area contributed by atoms with Crippen LogP contribution in [0.15, 0.2) is 16.8 Å². The van der Waals surface area contributed by atoms with Gasteiger partial charge in [0, 0.05) is 19.1 Å². The van der Waals surface area contributed by atoms with Gasteiger partial charge >= 0.3 is 0 Å². The highest BCUT2D eigenvalue weighted by molar-refractivity contribution is 5.97. The molecule has 1 heterocycles. The molecule has 0 N–H and O–H groups in total. The average molecular weight is 123 g/mol. The molecule has 0 atom stereocenters. The second-order valence-electron chi connectivity index (χ2n) is 1.91. The van der Waals surface area contributed by atoms with Crippen LogP contribution >= 0.6 is 0 Å². The van der Waals surface area contributed by atoms with Gasteiger partial charge in [-0.3, -0.25) is 9.79 Å². The van der Waals surface area contributed by atoms with Crippen LogP contribution in [0.5, 0.6) is 0 Å². The van der Waals surface area contributed by atoms with Crippen LogP contribution in [0.2, 0.25) is 0 Å². The van der Waals surface area contributed by atoms with Gasteiger partial charge in [-0.25, -0.2) is 0 Å². The number of hydrogen-bond acceptors (Lipinski definition) is 2. The molecule has 1 aliphatic rings. The first-order valence-electron chi connectivity index (χ1n) is 3.10. The lowest BCUT2D eigenvalue weighted by Gasteiger charge is -1.89. The number of allylic oxidation sites excluding steroid dienone is 2. The van der Waals surface area contributed by atoms with Crippen LogP contribution in [-0.2, 0) is 4.79 Å². The minimum absolute atomic E-state index is 0.142. The van der Waals surface area contributed by atoms with Gasteiger partial charge in [0.2, 0.25) is 0 Å². The summed E-state index contributed by atoms with van der Waals surface area (Å²) in [6.07, 6.45) is 4.99. The average Bonchev–Trinajstić information content (AvgIpc) is 2.37. The first kappa shape index (κ1) is 6.20. The molecule has 0 spiro atoms. The van der Waals surface area contributed by atoms with Gasteiger partial charge in [-0.1, -0.05) is 6.92 Å². The Bertz CT molecular complexity index is 179. The van der Waals surface area contributed by atoms with Gasteiger partial charge in [-0.05, 0) is 6.08 Å². The molecule has 0 saturated heterocycles. The molecule has 2 heteroatoms. The van der Waals surface area contributed by atoms with Crippen LogP contribution < -0.4 is 0 Å². The first-order chi connectivity index (χ1) is 4.34. The standard InChI is InChI=1S/C7H9NO/c1-2-7(9)6-4-3-5-8-6/h4-5H,2-3H2,1H3. The van der Waals surface area contributed by atoms with Crippen molar-refractivity contribution in [3.05, 3.63) is 11.8 Å². The van der Waals surface area contributed by atoms with E-state index in [1.807, 2.05) is 13.0 Å². The zero-order valence-electron chi connectivity index (χ0n) is 5.42. The Kier molecular flexibility index (Phi) is 1.78. The molecule has 1 rings (SSSR count). The van der Waals surface area contributed by atoms with Crippen LogP contribution in [0, 0.1) is 0 Å². The summed E-state index contributed by atoms with van der Waals surface area (Å²) < 4.78 is 0. The Morgan fingerprint density at radius 2 is 2.67 bits per heavy atom. The normalized spacial score (nSPS) is 15.9. The van der Waals surface area contributed by atoms with Gasteiger partial charge in [-0.2, -0.15) is 0 Å². The van der Waals surface area contributed by atoms with E-state index >= 15 is 0 Å². The van der Waals surface area contributed by atoms with Gasteiger partial charge in [0.05, 0.1) is 0 Å². The van der Waals surface area contributed by atoms with E-state index < -0.39 is 0 Å². The number of carbonyl (C=O) groups is 1. The summed E-state index contributed by atoms with van der Waals surface area (Å²) in [4.78, 5) is 14.7. The summed E-state index contributed by atoms with van der Waals surface area (Å²) in [6, 6.07) is 0. The van der Waals surface area contributed by atoms with Crippen molar-refractivity contribution in [1.82, 2.24) is 0 Å². The molecule has 48 valence electrons. The van der Waals surface area contributed by atoms with Gasteiger partial charge in [0.15, 0.2) is 5.78 Å². The highest BCUT2D eigenvalue weighted by atomic mass is 16.1. The zero-order chi connectivity index (χ0) is 6.69. The molecule has 0 radical (unpaired) electrons. The monoisotopic (exact) mass is 123 g/mol. The van der Waals surface area contributed by atoms with Crippen molar-refractivity contribution in [2.24, 2.45) is 4.99 Å². The highest BCUT2D eigenvalue weighted by Gasteiger charge is 2.06. The zero-order valence-corrected chi connectivity index (χ0v) is 5.42. The summed E-state index contributed by atoms with van der Waals surface area (Å²) in [5.74, 6) is 0.142. The highest BCUT2D eigenvalue weighted by Crippen LogP contribution is 2.07. The number of rotatable bonds is 2. The summed E-state index contributed by atoms with van der Waals surface area (Å²) >= 11 is 0. The predicted octanol–water partition coefficient (Wildman–Crippen LogP) is 1.32. The van der Waals surface area contributed by atoms with Gasteiger partial charge < -0.3 is 0 Å². The van der Waals surface area contributed by atoms with Gasteiger partial charge in [-0.15, -0.1) is 0 Å². The lowest BCUT2D eigenvalue weighted by Crippen LogP contribution is -1.94. The van der Waals surface area contributed by atoms with E-state index in [-0.39, 0.29) is 5.78 Å². The minimum Gasteiger partial charge on any atom is -0.292 e. The smallest absolute Gasteiger partial charge is 0.180 e. The summed E-state index contributed by atoms with van der Waals surface area (Å²) in [5.41, 5.74) is 0.637. The molecule has 9 heavy (non-hydrogen) atoms. The summed E-state index contributed by atoms with van der Waals surface area (Å²) in [7, 11) is 0. The lowest BCUT2D eigenvalue weighted by molar-refractivity contribution is -0.115. The molecule has 1 aliphatic heterocycles. The van der Waals surface area contributed by atoms with Crippen LogP contribution in [0.4, 0.5) is 0 Å². The maximum absolute atomic E-state index is 10.8. The van der Waals surface area contributed by atoms with Crippen molar-refractivity contribution in [2.45, 2.75) is 19.8 Å². The summed E-state index contributed by atoms with van der Waals surface area (Å²) in [5, 5.41) is 0. The maximum Gasteiger partial charge on any atom is 0.180 e.